The van der Waals surface area contributed by atoms with Crippen molar-refractivity contribution in [1.82, 2.24) is 10.2 Å². The molecule has 4 rings (SSSR count). The number of nitrogens with one attached hydrogen (secondary N) is 1. The van der Waals surface area contributed by atoms with Gasteiger partial charge in [0.1, 0.15) is 24.2 Å². The molecule has 0 saturated heterocycles. The Morgan fingerprint density at radius 3 is 2.26 bits per heavy atom. The van der Waals surface area contributed by atoms with Gasteiger partial charge in [0, 0.05) is 29.6 Å². The van der Waals surface area contributed by atoms with Gasteiger partial charge in [-0.05, 0) is 62.2 Å². The molecular weight excluding hydrogens is 641 g/mol. The van der Waals surface area contributed by atoms with E-state index >= 15 is 4.39 Å². The third-order valence-electron chi connectivity index (χ3n) is 7.87. The second kappa shape index (κ2) is 15.9. The van der Waals surface area contributed by atoms with E-state index in [9.17, 15) is 18.0 Å². The summed E-state index contributed by atoms with van der Waals surface area (Å²) in [5.41, 5.74) is 1.81. The summed E-state index contributed by atoms with van der Waals surface area (Å²) in [6.07, 6.45) is 0.747. The van der Waals surface area contributed by atoms with Crippen molar-refractivity contribution in [3.8, 4) is 5.75 Å². The summed E-state index contributed by atoms with van der Waals surface area (Å²) in [6, 6.07) is 24.5. The summed E-state index contributed by atoms with van der Waals surface area (Å²) < 4.78 is 50.1. The molecule has 0 aliphatic carbocycles. The number of benzene rings is 4. The van der Waals surface area contributed by atoms with Crippen LogP contribution in [0.4, 0.5) is 10.1 Å². The van der Waals surface area contributed by atoms with Crippen molar-refractivity contribution in [3.05, 3.63) is 125 Å². The Kier molecular flexibility index (Phi) is 12.0. The molecule has 0 fully saturated rings. The number of anilines is 1. The van der Waals surface area contributed by atoms with Crippen LogP contribution in [0.5, 0.6) is 5.75 Å². The number of rotatable bonds is 14. The van der Waals surface area contributed by atoms with Crippen LogP contribution in [0.1, 0.15) is 37.0 Å². The fourth-order valence-electron chi connectivity index (χ4n) is 5.01. The topological polar surface area (TPSA) is 96.0 Å². The van der Waals surface area contributed by atoms with Crippen LogP contribution in [-0.4, -0.2) is 50.9 Å². The molecule has 0 aliphatic rings. The maximum Gasteiger partial charge on any atom is 0.264 e. The second-order valence-corrected chi connectivity index (χ2v) is 13.6. The summed E-state index contributed by atoms with van der Waals surface area (Å²) in [6.45, 7) is 4.58. The average molecular weight is 680 g/mol. The van der Waals surface area contributed by atoms with Crippen molar-refractivity contribution < 1.29 is 27.1 Å². The predicted octanol–water partition coefficient (Wildman–Crippen LogP) is 6.55. The predicted molar refractivity (Wildman–Crippen MR) is 182 cm³/mol. The molecule has 0 spiro atoms. The number of sulfonamides is 1. The highest BCUT2D eigenvalue weighted by Gasteiger charge is 2.36. The Bertz CT molecular complexity index is 1790. The molecule has 2 amide bonds. The standard InChI is InChI=1S/C36H39ClFN3O5S/c1-5-26(3)39-36(43)33(21-27-11-7-6-8-12-27)40(23-28-13-9-10-14-31(28)38)35(42)24-41(32-22-29(37)17-20-34(32)46-4)47(44,45)30-18-15-25(2)16-19-30/h6-20,22,26,33H,5,21,23-24H2,1-4H3,(H,39,43)/t26-,33-/m0/s1. The first-order chi connectivity index (χ1) is 22.4. The number of aryl methyl sites for hydroxylation is 1. The van der Waals surface area contributed by atoms with E-state index in [1.54, 1.807) is 24.3 Å². The van der Waals surface area contributed by atoms with Crippen LogP contribution in [0.25, 0.3) is 0 Å². The van der Waals surface area contributed by atoms with Gasteiger partial charge in [-0.2, -0.15) is 0 Å². The lowest BCUT2D eigenvalue weighted by molar-refractivity contribution is -0.140. The normalized spacial score (nSPS) is 12.6. The monoisotopic (exact) mass is 679 g/mol. The van der Waals surface area contributed by atoms with E-state index < -0.39 is 40.2 Å². The van der Waals surface area contributed by atoms with Gasteiger partial charge in [-0.25, -0.2) is 12.8 Å². The zero-order valence-corrected chi connectivity index (χ0v) is 28.4. The van der Waals surface area contributed by atoms with Crippen LogP contribution in [0.3, 0.4) is 0 Å². The smallest absolute Gasteiger partial charge is 0.264 e. The van der Waals surface area contributed by atoms with Gasteiger partial charge in [-0.3, -0.25) is 13.9 Å². The Morgan fingerprint density at radius 1 is 0.957 bits per heavy atom. The van der Waals surface area contributed by atoms with E-state index in [0.717, 1.165) is 15.4 Å². The molecule has 4 aromatic rings. The van der Waals surface area contributed by atoms with Crippen LogP contribution in [0, 0.1) is 12.7 Å². The van der Waals surface area contributed by atoms with Gasteiger partial charge in [-0.1, -0.05) is 84.8 Å². The molecule has 1 N–H and O–H groups in total. The Labute approximate surface area is 281 Å². The lowest BCUT2D eigenvalue weighted by atomic mass is 10.0. The Hall–Kier alpha value is -4.41. The molecule has 0 bridgehead atoms. The van der Waals surface area contributed by atoms with E-state index in [1.807, 2.05) is 51.1 Å². The summed E-state index contributed by atoms with van der Waals surface area (Å²) in [7, 11) is -3.01. The average Bonchev–Trinajstić information content (AvgIpc) is 3.06. The molecule has 0 aliphatic heterocycles. The number of halogens is 2. The third-order valence-corrected chi connectivity index (χ3v) is 9.88. The van der Waals surface area contributed by atoms with Gasteiger partial charge in [-0.15, -0.1) is 0 Å². The lowest BCUT2D eigenvalue weighted by Crippen LogP contribution is -2.54. The molecular formula is C36H39ClFN3O5S. The van der Waals surface area contributed by atoms with Crippen molar-refractivity contribution in [2.75, 3.05) is 18.0 Å². The van der Waals surface area contributed by atoms with Gasteiger partial charge < -0.3 is 15.0 Å². The zero-order valence-electron chi connectivity index (χ0n) is 26.8. The molecule has 0 saturated carbocycles. The SMILES string of the molecule is CC[C@H](C)NC(=O)[C@H](Cc1ccccc1)N(Cc1ccccc1F)C(=O)CN(c1cc(Cl)ccc1OC)S(=O)(=O)c1ccc(C)cc1. The number of amides is 2. The molecule has 8 nitrogen and oxygen atoms in total. The highest BCUT2D eigenvalue weighted by molar-refractivity contribution is 7.92. The van der Waals surface area contributed by atoms with Crippen LogP contribution < -0.4 is 14.4 Å². The largest absolute Gasteiger partial charge is 0.495 e. The first-order valence-electron chi connectivity index (χ1n) is 15.2. The number of carbonyl (C=O) groups is 2. The van der Waals surface area contributed by atoms with Gasteiger partial charge in [0.25, 0.3) is 10.0 Å². The number of nitrogens with zero attached hydrogens (tertiary/aromatic N) is 2. The van der Waals surface area contributed by atoms with Crippen LogP contribution in [0.2, 0.25) is 5.02 Å². The van der Waals surface area contributed by atoms with Gasteiger partial charge in [0.15, 0.2) is 0 Å². The van der Waals surface area contributed by atoms with Crippen molar-refractivity contribution in [2.45, 2.75) is 57.1 Å². The van der Waals surface area contributed by atoms with E-state index in [0.29, 0.717) is 6.42 Å². The van der Waals surface area contributed by atoms with Crippen LogP contribution in [-0.2, 0) is 32.6 Å². The Morgan fingerprint density at radius 2 is 1.62 bits per heavy atom. The number of hydrogen-bond acceptors (Lipinski definition) is 5. The van der Waals surface area contributed by atoms with Crippen molar-refractivity contribution >= 4 is 39.1 Å². The zero-order chi connectivity index (χ0) is 34.1. The highest BCUT2D eigenvalue weighted by atomic mass is 35.5. The fraction of sp³-hybridized carbons (Fsp3) is 0.278. The molecule has 11 heteroatoms. The fourth-order valence-corrected chi connectivity index (χ4v) is 6.60. The Balaban J connectivity index is 1.87. The van der Waals surface area contributed by atoms with Gasteiger partial charge in [0.05, 0.1) is 17.7 Å². The summed E-state index contributed by atoms with van der Waals surface area (Å²) in [5, 5.41) is 3.18. The van der Waals surface area contributed by atoms with Crippen molar-refractivity contribution in [1.29, 1.82) is 0 Å². The molecule has 248 valence electrons. The number of ether oxygens (including phenoxy) is 1. The molecule has 2 atom stereocenters. The van der Waals surface area contributed by atoms with E-state index in [1.165, 1.54) is 54.5 Å². The second-order valence-electron chi connectivity index (χ2n) is 11.3. The number of hydrogen-bond donors (Lipinski definition) is 1. The minimum Gasteiger partial charge on any atom is -0.495 e. The molecule has 0 heterocycles. The summed E-state index contributed by atoms with van der Waals surface area (Å²) >= 11 is 6.34. The molecule has 0 radical (unpaired) electrons. The van der Waals surface area contributed by atoms with E-state index in [-0.39, 0.29) is 45.9 Å². The number of methoxy groups -OCH3 is 1. The first kappa shape index (κ1) is 35.4. The molecule has 4 aromatic carbocycles. The first-order valence-corrected chi connectivity index (χ1v) is 17.1. The molecule has 47 heavy (non-hydrogen) atoms. The molecule has 0 unspecified atom stereocenters. The minimum atomic E-state index is -4.39. The van der Waals surface area contributed by atoms with E-state index in [4.69, 9.17) is 16.3 Å². The molecule has 0 aromatic heterocycles. The maximum absolute atomic E-state index is 15.1. The highest BCUT2D eigenvalue weighted by Crippen LogP contribution is 2.35. The van der Waals surface area contributed by atoms with E-state index in [2.05, 4.69) is 5.32 Å². The lowest BCUT2D eigenvalue weighted by Gasteiger charge is -2.34. The van der Waals surface area contributed by atoms with Crippen LogP contribution in [0.15, 0.2) is 102 Å². The minimum absolute atomic E-state index is 0.0310. The van der Waals surface area contributed by atoms with Crippen LogP contribution >= 0.6 is 11.6 Å². The maximum atomic E-state index is 15.1. The van der Waals surface area contributed by atoms with Crippen molar-refractivity contribution in [2.24, 2.45) is 0 Å². The summed E-state index contributed by atoms with van der Waals surface area (Å²) in [5.74, 6) is -1.58. The van der Waals surface area contributed by atoms with Crippen molar-refractivity contribution in [3.63, 3.8) is 0 Å². The number of carbonyl (C=O) groups excluding carboxylic acids is 2. The quantitative estimate of drug-likeness (QED) is 0.163. The van der Waals surface area contributed by atoms with Gasteiger partial charge >= 0.3 is 0 Å². The van der Waals surface area contributed by atoms with Gasteiger partial charge in [0.2, 0.25) is 11.8 Å². The third kappa shape index (κ3) is 8.90. The summed E-state index contributed by atoms with van der Waals surface area (Å²) in [4.78, 5) is 29.7.